The molecule has 0 bridgehead atoms. The Morgan fingerprint density at radius 1 is 1.26 bits per heavy atom. The van der Waals surface area contributed by atoms with Gasteiger partial charge in [-0.15, -0.1) is 21.5 Å². The highest BCUT2D eigenvalue weighted by molar-refractivity contribution is 7.99. The topological polar surface area (TPSA) is 122 Å². The van der Waals surface area contributed by atoms with Crippen LogP contribution in [-0.4, -0.2) is 39.4 Å². The van der Waals surface area contributed by atoms with Crippen molar-refractivity contribution in [2.24, 2.45) is 7.05 Å². The minimum Gasteiger partial charge on any atom is -0.496 e. The lowest BCUT2D eigenvalue weighted by molar-refractivity contribution is -0.113. The number of carbonyl (C=O) groups excluding carboxylic acids is 2. The number of methoxy groups -OCH3 is 1. The predicted molar refractivity (Wildman–Crippen MR) is 130 cm³/mol. The van der Waals surface area contributed by atoms with Crippen LogP contribution in [-0.2, 0) is 31.2 Å². The summed E-state index contributed by atoms with van der Waals surface area (Å²) in [4.78, 5) is 26.3. The van der Waals surface area contributed by atoms with Gasteiger partial charge < -0.3 is 19.9 Å². The summed E-state index contributed by atoms with van der Waals surface area (Å²) in [6.07, 6.45) is 4.06. The first-order valence-electron chi connectivity index (χ1n) is 10.8. The summed E-state index contributed by atoms with van der Waals surface area (Å²) in [5, 5.41) is 24.7. The molecule has 0 unspecified atom stereocenters. The summed E-state index contributed by atoms with van der Waals surface area (Å²) in [7, 11) is 3.30. The second kappa shape index (κ2) is 10.7. The van der Waals surface area contributed by atoms with Gasteiger partial charge >= 0.3 is 0 Å². The molecule has 0 spiro atoms. The number of nitriles is 1. The highest BCUT2D eigenvalue weighted by atomic mass is 32.2. The summed E-state index contributed by atoms with van der Waals surface area (Å²) < 4.78 is 6.97. The number of anilines is 1. The van der Waals surface area contributed by atoms with Gasteiger partial charge in [0.25, 0.3) is 5.91 Å². The Hall–Kier alpha value is -3.36. The Morgan fingerprint density at radius 3 is 2.85 bits per heavy atom. The van der Waals surface area contributed by atoms with E-state index in [4.69, 9.17) is 4.74 Å². The van der Waals surface area contributed by atoms with Gasteiger partial charge in [0.05, 0.1) is 30.5 Å². The average Bonchev–Trinajstić information content (AvgIpc) is 3.39. The van der Waals surface area contributed by atoms with Crippen LogP contribution in [0.2, 0.25) is 0 Å². The van der Waals surface area contributed by atoms with Gasteiger partial charge in [-0.1, -0.05) is 23.9 Å². The number of aromatic nitrogens is 3. The standard InChI is InChI=1S/C23H24N6O3S2/c1-29-19(12-25-21(31)15-8-3-5-9-17(15)32-2)27-28-23(29)33-13-20(30)26-22-16(11-24)14-7-4-6-10-18(14)34-22/h3,5,8-9H,4,6-7,10,12-13H2,1-2H3,(H,25,31)(H,26,30). The fourth-order valence-corrected chi connectivity index (χ4v) is 5.76. The maximum atomic E-state index is 12.6. The van der Waals surface area contributed by atoms with Gasteiger partial charge in [-0.2, -0.15) is 5.26 Å². The fourth-order valence-electron chi connectivity index (χ4n) is 3.78. The molecule has 1 aliphatic rings. The number of thioether (sulfide) groups is 1. The van der Waals surface area contributed by atoms with E-state index in [2.05, 4.69) is 26.9 Å². The van der Waals surface area contributed by atoms with Crippen LogP contribution in [0.3, 0.4) is 0 Å². The molecule has 0 atom stereocenters. The molecule has 0 fully saturated rings. The molecule has 176 valence electrons. The Balaban J connectivity index is 1.33. The smallest absolute Gasteiger partial charge is 0.255 e. The van der Waals surface area contributed by atoms with Crippen LogP contribution in [0.5, 0.6) is 5.75 Å². The summed E-state index contributed by atoms with van der Waals surface area (Å²) in [6.45, 7) is 0.180. The van der Waals surface area contributed by atoms with E-state index in [1.54, 1.807) is 35.9 Å². The first kappa shape index (κ1) is 23.8. The molecule has 0 saturated carbocycles. The van der Waals surface area contributed by atoms with Crippen LogP contribution in [0.15, 0.2) is 29.4 Å². The largest absolute Gasteiger partial charge is 0.496 e. The SMILES string of the molecule is COc1ccccc1C(=O)NCc1nnc(SCC(=O)Nc2sc3c(c2C#N)CCCC3)n1C. The number of thiophene rings is 1. The highest BCUT2D eigenvalue weighted by Gasteiger charge is 2.22. The summed E-state index contributed by atoms with van der Waals surface area (Å²) in [5.74, 6) is 0.706. The quantitative estimate of drug-likeness (QED) is 0.459. The van der Waals surface area contributed by atoms with E-state index in [0.29, 0.717) is 32.9 Å². The molecule has 2 heterocycles. The maximum absolute atomic E-state index is 12.6. The van der Waals surface area contributed by atoms with Crippen molar-refractivity contribution in [1.82, 2.24) is 20.1 Å². The molecule has 0 radical (unpaired) electrons. The number of hydrogen-bond donors (Lipinski definition) is 2. The van der Waals surface area contributed by atoms with Gasteiger partial charge in [-0.3, -0.25) is 9.59 Å². The zero-order chi connectivity index (χ0) is 24.1. The van der Waals surface area contributed by atoms with E-state index in [1.807, 2.05) is 0 Å². The molecule has 1 aromatic carbocycles. The van der Waals surface area contributed by atoms with E-state index in [0.717, 1.165) is 31.2 Å². The van der Waals surface area contributed by atoms with Crippen LogP contribution in [0.25, 0.3) is 0 Å². The van der Waals surface area contributed by atoms with Gasteiger partial charge in [0.2, 0.25) is 5.91 Å². The number of benzene rings is 1. The lowest BCUT2D eigenvalue weighted by atomic mass is 9.96. The molecule has 1 aliphatic carbocycles. The van der Waals surface area contributed by atoms with Gasteiger partial charge in [-0.05, 0) is 43.4 Å². The molecule has 9 nitrogen and oxygen atoms in total. The molecule has 2 amide bonds. The number of rotatable bonds is 8. The number of nitrogens with zero attached hydrogens (tertiary/aromatic N) is 4. The Labute approximate surface area is 205 Å². The number of amides is 2. The molecule has 4 rings (SSSR count). The number of nitrogens with one attached hydrogen (secondary N) is 2. The van der Waals surface area contributed by atoms with Crippen molar-refractivity contribution in [2.75, 3.05) is 18.2 Å². The summed E-state index contributed by atoms with van der Waals surface area (Å²) in [5.41, 5.74) is 2.13. The van der Waals surface area contributed by atoms with Crippen molar-refractivity contribution in [2.45, 2.75) is 37.4 Å². The van der Waals surface area contributed by atoms with Crippen LogP contribution < -0.4 is 15.4 Å². The molecular weight excluding hydrogens is 472 g/mol. The summed E-state index contributed by atoms with van der Waals surface area (Å²) >= 11 is 2.75. The molecular formula is C23H24N6O3S2. The van der Waals surface area contributed by atoms with Crippen molar-refractivity contribution >= 4 is 39.9 Å². The third-order valence-corrected chi connectivity index (χ3v) is 7.78. The molecule has 0 saturated heterocycles. The van der Waals surface area contributed by atoms with Crippen molar-refractivity contribution in [3.05, 3.63) is 51.7 Å². The molecule has 2 aromatic heterocycles. The number of ether oxygens (including phenoxy) is 1. The highest BCUT2D eigenvalue weighted by Crippen LogP contribution is 2.37. The van der Waals surface area contributed by atoms with Crippen molar-refractivity contribution in [3.63, 3.8) is 0 Å². The Morgan fingerprint density at radius 2 is 2.06 bits per heavy atom. The maximum Gasteiger partial charge on any atom is 0.255 e. The first-order valence-corrected chi connectivity index (χ1v) is 12.6. The van der Waals surface area contributed by atoms with Gasteiger partial charge in [0.15, 0.2) is 11.0 Å². The molecule has 3 aromatic rings. The van der Waals surface area contributed by atoms with E-state index < -0.39 is 0 Å². The molecule has 34 heavy (non-hydrogen) atoms. The zero-order valence-electron chi connectivity index (χ0n) is 18.9. The third kappa shape index (κ3) is 5.08. The van der Waals surface area contributed by atoms with Crippen molar-refractivity contribution < 1.29 is 14.3 Å². The van der Waals surface area contributed by atoms with Crippen LogP contribution >= 0.6 is 23.1 Å². The average molecular weight is 497 g/mol. The second-order valence-electron chi connectivity index (χ2n) is 7.70. The monoisotopic (exact) mass is 496 g/mol. The number of aryl methyl sites for hydroxylation is 1. The van der Waals surface area contributed by atoms with E-state index in [-0.39, 0.29) is 24.1 Å². The molecule has 11 heteroatoms. The minimum atomic E-state index is -0.277. The van der Waals surface area contributed by atoms with E-state index in [1.165, 1.54) is 35.1 Å². The summed E-state index contributed by atoms with van der Waals surface area (Å²) in [6, 6.07) is 9.23. The lowest BCUT2D eigenvalue weighted by Crippen LogP contribution is -2.25. The van der Waals surface area contributed by atoms with E-state index >= 15 is 0 Å². The number of para-hydroxylation sites is 1. The van der Waals surface area contributed by atoms with Crippen LogP contribution in [0, 0.1) is 11.3 Å². The minimum absolute atomic E-state index is 0.132. The van der Waals surface area contributed by atoms with Gasteiger partial charge in [-0.25, -0.2) is 0 Å². The van der Waals surface area contributed by atoms with Crippen LogP contribution in [0.4, 0.5) is 5.00 Å². The zero-order valence-corrected chi connectivity index (χ0v) is 20.5. The van der Waals surface area contributed by atoms with Crippen LogP contribution in [0.1, 0.15) is 45.0 Å². The number of carbonyl (C=O) groups is 2. The van der Waals surface area contributed by atoms with Crippen molar-refractivity contribution in [1.29, 1.82) is 5.26 Å². The van der Waals surface area contributed by atoms with Gasteiger partial charge in [0, 0.05) is 11.9 Å². The Bertz CT molecular complexity index is 1260. The lowest BCUT2D eigenvalue weighted by Gasteiger charge is -2.09. The predicted octanol–water partition coefficient (Wildman–Crippen LogP) is 3.30. The second-order valence-corrected chi connectivity index (χ2v) is 9.75. The normalized spacial score (nSPS) is 12.5. The van der Waals surface area contributed by atoms with Crippen molar-refractivity contribution in [3.8, 4) is 11.8 Å². The fraction of sp³-hybridized carbons (Fsp3) is 0.348. The number of fused-ring (bicyclic) bond motifs is 1. The van der Waals surface area contributed by atoms with Gasteiger partial charge in [0.1, 0.15) is 16.8 Å². The van der Waals surface area contributed by atoms with E-state index in [9.17, 15) is 14.9 Å². The Kier molecular flexibility index (Phi) is 7.49. The molecule has 2 N–H and O–H groups in total. The number of hydrogen-bond acceptors (Lipinski definition) is 8. The first-order chi connectivity index (χ1) is 16.5. The molecule has 0 aliphatic heterocycles. The third-order valence-electron chi connectivity index (χ3n) is 5.55.